The lowest BCUT2D eigenvalue weighted by Crippen LogP contribution is -2.46. The molecule has 0 aliphatic carbocycles. The highest BCUT2D eigenvalue weighted by atomic mass is 31.2. The molecule has 0 saturated carbocycles. The Hall–Kier alpha value is -2.84. The molecule has 1 fully saturated rings. The van der Waals surface area contributed by atoms with Gasteiger partial charge in [-0.15, -0.1) is 0 Å². The number of anilines is 1. The molecule has 15 heteroatoms. The minimum absolute atomic E-state index is 0.130. The summed E-state index contributed by atoms with van der Waals surface area (Å²) in [5, 5.41) is 33.1. The third-order valence-corrected chi connectivity index (χ3v) is 7.03. The SMILES string of the molecule is CC(C)OC(=O)[C@H](C)NP(=O)(OC[C@H]1O[C@@H](n2ccc(NO)nc2=O)[C@](C)(O)[C@@H]1O)Oc1ccccc1. The summed E-state index contributed by atoms with van der Waals surface area (Å²) in [6.45, 7) is 5.43. The Morgan fingerprint density at radius 1 is 1.27 bits per heavy atom. The summed E-state index contributed by atoms with van der Waals surface area (Å²) >= 11 is 0. The van der Waals surface area contributed by atoms with E-state index in [4.69, 9.17) is 23.7 Å². The van der Waals surface area contributed by atoms with E-state index in [2.05, 4.69) is 10.1 Å². The van der Waals surface area contributed by atoms with Crippen LogP contribution in [0.2, 0.25) is 0 Å². The average Bonchev–Trinajstić information content (AvgIpc) is 3.06. The summed E-state index contributed by atoms with van der Waals surface area (Å²) in [4.78, 5) is 28.2. The van der Waals surface area contributed by atoms with E-state index < -0.39 is 62.2 Å². The summed E-state index contributed by atoms with van der Waals surface area (Å²) in [5.41, 5.74) is -1.13. The largest absolute Gasteiger partial charge is 0.462 e. The van der Waals surface area contributed by atoms with E-state index in [-0.39, 0.29) is 11.6 Å². The fourth-order valence-electron chi connectivity index (χ4n) is 3.54. The zero-order valence-electron chi connectivity index (χ0n) is 20.7. The summed E-state index contributed by atoms with van der Waals surface area (Å²) in [7, 11) is -4.27. The first kappa shape index (κ1) is 28.7. The van der Waals surface area contributed by atoms with E-state index in [1.165, 1.54) is 38.2 Å². The molecule has 1 aliphatic heterocycles. The molecule has 3 rings (SSSR count). The predicted octanol–water partition coefficient (Wildman–Crippen LogP) is 1.19. The van der Waals surface area contributed by atoms with Crippen molar-refractivity contribution in [2.75, 3.05) is 12.1 Å². The Morgan fingerprint density at radius 2 is 1.95 bits per heavy atom. The van der Waals surface area contributed by atoms with Gasteiger partial charge in [-0.1, -0.05) is 18.2 Å². The van der Waals surface area contributed by atoms with Gasteiger partial charge < -0.3 is 24.2 Å². The minimum atomic E-state index is -4.27. The van der Waals surface area contributed by atoms with Gasteiger partial charge in [-0.3, -0.25) is 24.6 Å². The zero-order chi connectivity index (χ0) is 27.4. The van der Waals surface area contributed by atoms with E-state index in [0.29, 0.717) is 0 Å². The molecule has 6 atom stereocenters. The lowest BCUT2D eigenvalue weighted by atomic mass is 9.96. The molecule has 37 heavy (non-hydrogen) atoms. The number of para-hydroxylation sites is 1. The van der Waals surface area contributed by atoms with Crippen LogP contribution in [0.1, 0.15) is 33.9 Å². The minimum Gasteiger partial charge on any atom is -0.462 e. The Balaban J connectivity index is 1.79. The van der Waals surface area contributed by atoms with Crippen LogP contribution in [0.5, 0.6) is 5.75 Å². The van der Waals surface area contributed by atoms with Crippen LogP contribution in [-0.4, -0.2) is 67.5 Å². The number of rotatable bonds is 11. The number of aliphatic hydroxyl groups is 2. The second-order valence-electron chi connectivity index (χ2n) is 8.85. The normalized spacial score (nSPS) is 25.9. The smallest absolute Gasteiger partial charge is 0.459 e. The van der Waals surface area contributed by atoms with E-state index in [0.717, 1.165) is 4.57 Å². The van der Waals surface area contributed by atoms with Crippen LogP contribution >= 0.6 is 7.75 Å². The first-order chi connectivity index (χ1) is 17.4. The summed E-state index contributed by atoms with van der Waals surface area (Å²) < 4.78 is 36.5. The van der Waals surface area contributed by atoms with Crippen molar-refractivity contribution in [2.24, 2.45) is 0 Å². The van der Waals surface area contributed by atoms with E-state index in [1.807, 2.05) is 0 Å². The molecule has 1 aromatic heterocycles. The van der Waals surface area contributed by atoms with E-state index in [1.54, 1.807) is 37.5 Å². The van der Waals surface area contributed by atoms with Gasteiger partial charge in [0.25, 0.3) is 0 Å². The van der Waals surface area contributed by atoms with Crippen molar-refractivity contribution >= 4 is 19.5 Å². The molecular weight excluding hydrogens is 511 g/mol. The second-order valence-corrected chi connectivity index (χ2v) is 10.5. The van der Waals surface area contributed by atoms with Crippen molar-refractivity contribution in [1.29, 1.82) is 0 Å². The first-order valence-electron chi connectivity index (χ1n) is 11.4. The maximum atomic E-state index is 13.6. The molecule has 1 aromatic carbocycles. The number of esters is 1. The van der Waals surface area contributed by atoms with Gasteiger partial charge in [0.05, 0.1) is 12.7 Å². The average molecular weight is 542 g/mol. The lowest BCUT2D eigenvalue weighted by molar-refractivity contribution is -0.149. The van der Waals surface area contributed by atoms with Crippen LogP contribution in [0.4, 0.5) is 5.82 Å². The van der Waals surface area contributed by atoms with Gasteiger partial charge in [-0.05, 0) is 45.9 Å². The fourth-order valence-corrected chi connectivity index (χ4v) is 5.04. The van der Waals surface area contributed by atoms with Gasteiger partial charge in [0.1, 0.15) is 29.6 Å². The van der Waals surface area contributed by atoms with Crippen molar-refractivity contribution in [1.82, 2.24) is 14.6 Å². The Kier molecular flexibility index (Phi) is 9.08. The molecule has 1 saturated heterocycles. The van der Waals surface area contributed by atoms with Crippen LogP contribution in [0.25, 0.3) is 0 Å². The number of hydrogen-bond donors (Lipinski definition) is 5. The van der Waals surface area contributed by atoms with Crippen molar-refractivity contribution in [3.05, 3.63) is 53.1 Å². The molecule has 1 unspecified atom stereocenters. The zero-order valence-corrected chi connectivity index (χ0v) is 21.6. The number of hydrogen-bond acceptors (Lipinski definition) is 12. The van der Waals surface area contributed by atoms with Gasteiger partial charge in [0.15, 0.2) is 12.0 Å². The standard InChI is InChI=1S/C22H31N4O10P/c1-13(2)34-19(28)14(3)25-37(32,36-15-8-6-5-7-9-15)33-12-16-18(27)22(4,30)20(35-16)26-11-10-17(24-31)23-21(26)29/h5-11,13-14,16,18,20,27,30-31H,12H2,1-4H3,(H,25,32)(H,23,24,29)/t14-,16+,18+,20+,22+,37?/m0/s1. The number of carbonyl (C=O) groups excluding carboxylic acids is 1. The third-order valence-electron chi connectivity index (χ3n) is 5.39. The van der Waals surface area contributed by atoms with Gasteiger partial charge in [0.2, 0.25) is 0 Å². The highest BCUT2D eigenvalue weighted by Gasteiger charge is 2.54. The first-order valence-corrected chi connectivity index (χ1v) is 12.9. The summed E-state index contributed by atoms with van der Waals surface area (Å²) in [5.74, 6) is -0.645. The molecule has 1 aliphatic rings. The number of nitrogens with one attached hydrogen (secondary N) is 2. The van der Waals surface area contributed by atoms with Gasteiger partial charge >= 0.3 is 19.4 Å². The number of aliphatic hydroxyl groups excluding tert-OH is 1. The van der Waals surface area contributed by atoms with Crippen LogP contribution < -0.4 is 20.8 Å². The maximum absolute atomic E-state index is 13.6. The quantitative estimate of drug-likeness (QED) is 0.155. The Labute approximate surface area is 212 Å². The van der Waals surface area contributed by atoms with Gasteiger partial charge in [0, 0.05) is 6.20 Å². The van der Waals surface area contributed by atoms with E-state index >= 15 is 0 Å². The second kappa shape index (κ2) is 11.7. The van der Waals surface area contributed by atoms with Gasteiger partial charge in [-0.25, -0.2) is 9.36 Å². The highest BCUT2D eigenvalue weighted by Crippen LogP contribution is 2.46. The Morgan fingerprint density at radius 3 is 2.54 bits per heavy atom. The topological polar surface area (TPSA) is 191 Å². The summed E-state index contributed by atoms with van der Waals surface area (Å²) in [6.07, 6.45) is -3.46. The maximum Gasteiger partial charge on any atom is 0.459 e. The van der Waals surface area contributed by atoms with Crippen molar-refractivity contribution in [3.8, 4) is 5.75 Å². The monoisotopic (exact) mass is 542 g/mol. The molecular formula is C22H31N4O10P. The molecule has 14 nitrogen and oxygen atoms in total. The third kappa shape index (κ3) is 6.93. The molecule has 0 bridgehead atoms. The number of ether oxygens (including phenoxy) is 2. The molecule has 0 spiro atoms. The number of benzene rings is 1. The number of nitrogens with zero attached hydrogens (tertiary/aromatic N) is 2. The van der Waals surface area contributed by atoms with Crippen LogP contribution in [0.3, 0.4) is 0 Å². The lowest BCUT2D eigenvalue weighted by Gasteiger charge is -2.27. The predicted molar refractivity (Wildman–Crippen MR) is 129 cm³/mol. The molecule has 5 N–H and O–H groups in total. The fraction of sp³-hybridized carbons (Fsp3) is 0.500. The van der Waals surface area contributed by atoms with Crippen molar-refractivity contribution in [2.45, 2.75) is 63.9 Å². The summed E-state index contributed by atoms with van der Waals surface area (Å²) in [6, 6.07) is 8.23. The van der Waals surface area contributed by atoms with Crippen LogP contribution in [0.15, 0.2) is 47.4 Å². The highest BCUT2D eigenvalue weighted by molar-refractivity contribution is 7.52. The molecule has 2 heterocycles. The molecule has 0 radical (unpaired) electrons. The van der Waals surface area contributed by atoms with Crippen LogP contribution in [-0.2, 0) is 23.4 Å². The van der Waals surface area contributed by atoms with E-state index in [9.17, 15) is 24.4 Å². The molecule has 2 aromatic rings. The Bertz CT molecular complexity index is 1180. The van der Waals surface area contributed by atoms with Gasteiger partial charge in [-0.2, -0.15) is 10.1 Å². The van der Waals surface area contributed by atoms with Crippen molar-refractivity contribution < 1.29 is 43.3 Å². The van der Waals surface area contributed by atoms with Crippen molar-refractivity contribution in [3.63, 3.8) is 0 Å². The molecule has 0 amide bonds. The van der Waals surface area contributed by atoms with Crippen LogP contribution in [0, 0.1) is 0 Å². The number of aromatic nitrogens is 2. The molecule has 204 valence electrons. The number of carbonyl (C=O) groups is 1.